The first-order valence-electron chi connectivity index (χ1n) is 7.63. The van der Waals surface area contributed by atoms with E-state index >= 15 is 0 Å². The van der Waals surface area contributed by atoms with E-state index in [1.807, 2.05) is 23.1 Å². The number of benzene rings is 2. The zero-order chi connectivity index (χ0) is 14.7. The highest BCUT2D eigenvalue weighted by atomic mass is 35.5. The van der Waals surface area contributed by atoms with Crippen LogP contribution in [0.4, 0.5) is 5.69 Å². The largest absolute Gasteiger partial charge is 0.311 e. The third-order valence-electron chi connectivity index (χ3n) is 4.38. The van der Waals surface area contributed by atoms with Crippen molar-refractivity contribution in [3.63, 3.8) is 0 Å². The Hall–Kier alpha value is -1.54. The van der Waals surface area contributed by atoms with Gasteiger partial charge < -0.3 is 4.90 Å². The van der Waals surface area contributed by atoms with E-state index < -0.39 is 0 Å². The van der Waals surface area contributed by atoms with Gasteiger partial charge in [0, 0.05) is 12.2 Å². The predicted molar refractivity (Wildman–Crippen MR) is 89.0 cm³/mol. The monoisotopic (exact) mass is 301 g/mol. The molecule has 0 spiro atoms. The Kier molecular flexibility index (Phi) is 4.45. The normalized spacial score (nSPS) is 15.5. The molecule has 0 unspecified atom stereocenters. The van der Waals surface area contributed by atoms with Crippen molar-refractivity contribution in [1.29, 1.82) is 0 Å². The van der Waals surface area contributed by atoms with Crippen molar-refractivity contribution in [3.8, 4) is 0 Å². The van der Waals surface area contributed by atoms with E-state index in [2.05, 4.69) is 24.3 Å². The molecule has 3 heteroatoms. The molecule has 110 valence electrons. The van der Waals surface area contributed by atoms with Crippen molar-refractivity contribution in [2.75, 3.05) is 17.3 Å². The van der Waals surface area contributed by atoms with Crippen molar-refractivity contribution in [3.05, 3.63) is 42.5 Å². The quantitative estimate of drug-likeness (QED) is 0.756. The van der Waals surface area contributed by atoms with Crippen molar-refractivity contribution < 1.29 is 4.79 Å². The van der Waals surface area contributed by atoms with Crippen LogP contribution in [0.3, 0.4) is 0 Å². The van der Waals surface area contributed by atoms with E-state index in [-0.39, 0.29) is 11.8 Å². The number of fused-ring (bicyclic) bond motifs is 1. The van der Waals surface area contributed by atoms with Crippen molar-refractivity contribution in [1.82, 2.24) is 0 Å². The summed E-state index contributed by atoms with van der Waals surface area (Å²) in [6.45, 7) is 0.796. The lowest BCUT2D eigenvalue weighted by Crippen LogP contribution is -2.35. The van der Waals surface area contributed by atoms with Gasteiger partial charge in [-0.05, 0) is 41.7 Å². The number of carbonyl (C=O) groups excluding carboxylic acids is 1. The molecular formula is C18H20ClNO. The molecule has 0 bridgehead atoms. The highest BCUT2D eigenvalue weighted by Crippen LogP contribution is 2.29. The van der Waals surface area contributed by atoms with Crippen LogP contribution in [0.5, 0.6) is 0 Å². The molecular weight excluding hydrogens is 282 g/mol. The molecule has 0 aromatic heterocycles. The van der Waals surface area contributed by atoms with Gasteiger partial charge >= 0.3 is 0 Å². The Morgan fingerprint density at radius 2 is 1.81 bits per heavy atom. The molecule has 0 atom stereocenters. The van der Waals surface area contributed by atoms with Gasteiger partial charge in [-0.1, -0.05) is 43.2 Å². The predicted octanol–water partition coefficient (Wildman–Crippen LogP) is 4.60. The minimum atomic E-state index is -0.00107. The molecule has 2 aromatic rings. The van der Waals surface area contributed by atoms with Crippen LogP contribution in [0.2, 0.25) is 0 Å². The maximum atomic E-state index is 12.2. The van der Waals surface area contributed by atoms with Crippen LogP contribution < -0.4 is 4.90 Å². The average molecular weight is 302 g/mol. The minimum absolute atomic E-state index is 0.00107. The molecule has 1 fully saturated rings. The van der Waals surface area contributed by atoms with Gasteiger partial charge in [0.05, 0.1) is 0 Å². The van der Waals surface area contributed by atoms with Gasteiger partial charge in [0.25, 0.3) is 0 Å². The molecule has 1 amide bonds. The zero-order valence-corrected chi connectivity index (χ0v) is 12.9. The Morgan fingerprint density at radius 1 is 1.10 bits per heavy atom. The standard InChI is InChI=1S/C18H20ClNO/c19-12-18(21)20(13-14-5-1-2-6-14)17-10-9-15-7-3-4-8-16(15)11-17/h3-4,7-11,14H,1-2,5-6,12-13H2. The Labute approximate surface area is 130 Å². The van der Waals surface area contributed by atoms with E-state index in [1.54, 1.807) is 0 Å². The number of amides is 1. The topological polar surface area (TPSA) is 20.3 Å². The second-order valence-corrected chi connectivity index (χ2v) is 6.09. The fourth-order valence-corrected chi connectivity index (χ4v) is 3.36. The molecule has 0 aliphatic heterocycles. The Morgan fingerprint density at radius 3 is 2.52 bits per heavy atom. The van der Waals surface area contributed by atoms with Gasteiger partial charge in [0.2, 0.25) is 5.91 Å². The summed E-state index contributed by atoms with van der Waals surface area (Å²) >= 11 is 5.81. The summed E-state index contributed by atoms with van der Waals surface area (Å²) in [6.07, 6.45) is 5.01. The number of anilines is 1. The summed E-state index contributed by atoms with van der Waals surface area (Å²) in [5.41, 5.74) is 0.964. The van der Waals surface area contributed by atoms with E-state index in [9.17, 15) is 4.79 Å². The lowest BCUT2D eigenvalue weighted by molar-refractivity contribution is -0.116. The molecule has 1 saturated carbocycles. The molecule has 0 N–H and O–H groups in total. The number of rotatable bonds is 4. The van der Waals surface area contributed by atoms with E-state index in [1.165, 1.54) is 31.1 Å². The van der Waals surface area contributed by atoms with Crippen molar-refractivity contribution in [2.45, 2.75) is 25.7 Å². The number of hydrogen-bond acceptors (Lipinski definition) is 1. The van der Waals surface area contributed by atoms with E-state index in [0.29, 0.717) is 5.92 Å². The van der Waals surface area contributed by atoms with Gasteiger partial charge in [-0.3, -0.25) is 4.79 Å². The third-order valence-corrected chi connectivity index (χ3v) is 4.60. The van der Waals surface area contributed by atoms with Crippen LogP contribution in [-0.2, 0) is 4.79 Å². The van der Waals surface area contributed by atoms with E-state index in [4.69, 9.17) is 11.6 Å². The minimum Gasteiger partial charge on any atom is -0.311 e. The molecule has 0 heterocycles. The number of nitrogens with zero attached hydrogens (tertiary/aromatic N) is 1. The van der Waals surface area contributed by atoms with E-state index in [0.717, 1.165) is 17.6 Å². The van der Waals surface area contributed by atoms with Gasteiger partial charge in [0.1, 0.15) is 5.88 Å². The van der Waals surface area contributed by atoms with Crippen LogP contribution in [0.25, 0.3) is 10.8 Å². The summed E-state index contributed by atoms with van der Waals surface area (Å²) in [5, 5.41) is 2.36. The summed E-state index contributed by atoms with van der Waals surface area (Å²) in [7, 11) is 0. The first kappa shape index (κ1) is 14.4. The molecule has 1 aliphatic rings. The number of hydrogen-bond donors (Lipinski definition) is 0. The van der Waals surface area contributed by atoms with Crippen molar-refractivity contribution >= 4 is 34.0 Å². The van der Waals surface area contributed by atoms with Gasteiger partial charge in [-0.15, -0.1) is 11.6 Å². The van der Waals surface area contributed by atoms with Crippen molar-refractivity contribution in [2.24, 2.45) is 5.92 Å². The fourth-order valence-electron chi connectivity index (χ4n) is 3.22. The highest BCUT2D eigenvalue weighted by Gasteiger charge is 2.22. The molecule has 0 radical (unpaired) electrons. The van der Waals surface area contributed by atoms with Gasteiger partial charge in [0.15, 0.2) is 0 Å². The molecule has 0 saturated heterocycles. The lowest BCUT2D eigenvalue weighted by Gasteiger charge is -2.25. The molecule has 21 heavy (non-hydrogen) atoms. The zero-order valence-electron chi connectivity index (χ0n) is 12.1. The number of alkyl halides is 1. The van der Waals surface area contributed by atoms with Crippen LogP contribution in [0.15, 0.2) is 42.5 Å². The number of carbonyl (C=O) groups is 1. The second kappa shape index (κ2) is 6.48. The fraction of sp³-hybridized carbons (Fsp3) is 0.389. The molecule has 3 rings (SSSR count). The van der Waals surface area contributed by atoms with Crippen LogP contribution in [-0.4, -0.2) is 18.3 Å². The summed E-state index contributed by atoms with van der Waals surface area (Å²) in [5.74, 6) is 0.655. The van der Waals surface area contributed by atoms with Crippen LogP contribution >= 0.6 is 11.6 Å². The average Bonchev–Trinajstić information content (AvgIpc) is 3.04. The Balaban J connectivity index is 1.90. The maximum absolute atomic E-state index is 12.2. The molecule has 2 nitrogen and oxygen atoms in total. The van der Waals surface area contributed by atoms with Crippen LogP contribution in [0.1, 0.15) is 25.7 Å². The first-order chi connectivity index (χ1) is 10.3. The van der Waals surface area contributed by atoms with Gasteiger partial charge in [-0.25, -0.2) is 0 Å². The summed E-state index contributed by atoms with van der Waals surface area (Å²) in [4.78, 5) is 14.1. The first-order valence-corrected chi connectivity index (χ1v) is 8.16. The van der Waals surface area contributed by atoms with Gasteiger partial charge in [-0.2, -0.15) is 0 Å². The smallest absolute Gasteiger partial charge is 0.241 e. The Bertz CT molecular complexity index is 634. The maximum Gasteiger partial charge on any atom is 0.241 e. The molecule has 2 aromatic carbocycles. The highest BCUT2D eigenvalue weighted by molar-refractivity contribution is 6.29. The van der Waals surface area contributed by atoms with Crippen LogP contribution in [0, 0.1) is 5.92 Å². The second-order valence-electron chi connectivity index (χ2n) is 5.82. The summed E-state index contributed by atoms with van der Waals surface area (Å²) in [6, 6.07) is 14.4. The SMILES string of the molecule is O=C(CCl)N(CC1CCCC1)c1ccc2ccccc2c1. The third kappa shape index (κ3) is 3.21. The lowest BCUT2D eigenvalue weighted by atomic mass is 10.1. The summed E-state index contributed by atoms with van der Waals surface area (Å²) < 4.78 is 0. The number of halogens is 1. The molecule has 1 aliphatic carbocycles.